The summed E-state index contributed by atoms with van der Waals surface area (Å²) in [5.41, 5.74) is 1.44. The first-order valence-electron chi connectivity index (χ1n) is 5.44. The molecule has 0 atom stereocenters. The third kappa shape index (κ3) is 5.30. The molecule has 0 fully saturated rings. The van der Waals surface area contributed by atoms with E-state index in [0.29, 0.717) is 6.79 Å². The van der Waals surface area contributed by atoms with Gasteiger partial charge in [0.05, 0.1) is 0 Å². The van der Waals surface area contributed by atoms with Crippen LogP contribution in [0.5, 0.6) is 0 Å². The van der Waals surface area contributed by atoms with Crippen LogP contribution in [0.2, 0.25) is 0 Å². The van der Waals surface area contributed by atoms with Gasteiger partial charge in [0.25, 0.3) is 0 Å². The average molecular weight is 228 g/mol. The molecular weight excluding hydrogens is 208 g/mol. The molecule has 0 aliphatic heterocycles. The number of methoxy groups -OCH3 is 1. The molecular formula is C12H20O2S. The summed E-state index contributed by atoms with van der Waals surface area (Å²) in [6, 6.07) is 2.20. The van der Waals surface area contributed by atoms with Crippen molar-refractivity contribution in [2.24, 2.45) is 0 Å². The van der Waals surface area contributed by atoms with E-state index in [-0.39, 0.29) is 0 Å². The van der Waals surface area contributed by atoms with Crippen LogP contribution < -0.4 is 0 Å². The predicted molar refractivity (Wildman–Crippen MR) is 64.4 cm³/mol. The van der Waals surface area contributed by atoms with Gasteiger partial charge in [-0.25, -0.2) is 0 Å². The van der Waals surface area contributed by atoms with E-state index in [1.165, 1.54) is 29.7 Å². The number of hydrogen-bond acceptors (Lipinski definition) is 3. The molecule has 0 bridgehead atoms. The molecule has 0 aromatic carbocycles. The minimum atomic E-state index is 0.421. The summed E-state index contributed by atoms with van der Waals surface area (Å²) < 4.78 is 10.0. The first kappa shape index (κ1) is 12.7. The molecule has 0 saturated carbocycles. The second-order valence-corrected chi connectivity index (χ2v) is 4.65. The molecule has 0 amide bonds. The lowest BCUT2D eigenvalue weighted by Gasteiger charge is -2.02. The Morgan fingerprint density at radius 2 is 2.13 bits per heavy atom. The van der Waals surface area contributed by atoms with Crippen LogP contribution in [0.15, 0.2) is 11.4 Å². The highest BCUT2D eigenvalue weighted by molar-refractivity contribution is 7.10. The number of unbranched alkanes of at least 4 members (excludes halogenated alkanes) is 2. The van der Waals surface area contributed by atoms with Crippen LogP contribution in [0, 0.1) is 6.92 Å². The van der Waals surface area contributed by atoms with E-state index >= 15 is 0 Å². The van der Waals surface area contributed by atoms with E-state index in [2.05, 4.69) is 18.4 Å². The van der Waals surface area contributed by atoms with Crippen molar-refractivity contribution in [3.05, 3.63) is 21.9 Å². The van der Waals surface area contributed by atoms with Crippen molar-refractivity contribution in [2.75, 3.05) is 20.5 Å². The highest BCUT2D eigenvalue weighted by atomic mass is 32.1. The van der Waals surface area contributed by atoms with Gasteiger partial charge in [-0.3, -0.25) is 0 Å². The summed E-state index contributed by atoms with van der Waals surface area (Å²) in [5, 5.41) is 2.17. The van der Waals surface area contributed by atoms with Crippen LogP contribution in [0.25, 0.3) is 0 Å². The van der Waals surface area contributed by atoms with Gasteiger partial charge in [0.15, 0.2) is 0 Å². The molecule has 0 saturated heterocycles. The Hall–Kier alpha value is -0.380. The van der Waals surface area contributed by atoms with Crippen LogP contribution in [-0.4, -0.2) is 20.5 Å². The summed E-state index contributed by atoms with van der Waals surface area (Å²) in [7, 11) is 1.65. The maximum atomic E-state index is 5.22. The molecule has 1 aromatic heterocycles. The Kier molecular flexibility index (Phi) is 6.64. The van der Waals surface area contributed by atoms with E-state index in [0.717, 1.165) is 13.0 Å². The third-order valence-electron chi connectivity index (χ3n) is 2.36. The van der Waals surface area contributed by atoms with Crippen molar-refractivity contribution in [3.63, 3.8) is 0 Å². The Labute approximate surface area is 96.2 Å². The Morgan fingerprint density at radius 3 is 2.80 bits per heavy atom. The lowest BCUT2D eigenvalue weighted by atomic mass is 10.1. The quantitative estimate of drug-likeness (QED) is 0.501. The van der Waals surface area contributed by atoms with Crippen molar-refractivity contribution in [2.45, 2.75) is 32.6 Å². The number of aryl methyl sites for hydroxylation is 2. The van der Waals surface area contributed by atoms with Crippen molar-refractivity contribution in [1.29, 1.82) is 0 Å². The van der Waals surface area contributed by atoms with Gasteiger partial charge in [-0.05, 0) is 43.2 Å². The summed E-state index contributed by atoms with van der Waals surface area (Å²) in [6.07, 6.45) is 4.85. The smallest absolute Gasteiger partial charge is 0.146 e. The van der Waals surface area contributed by atoms with Crippen LogP contribution in [0.3, 0.4) is 0 Å². The average Bonchev–Trinajstić information content (AvgIpc) is 2.63. The van der Waals surface area contributed by atoms with Crippen molar-refractivity contribution < 1.29 is 9.47 Å². The molecule has 0 aliphatic carbocycles. The highest BCUT2D eigenvalue weighted by Gasteiger charge is 1.98. The molecule has 15 heavy (non-hydrogen) atoms. The molecule has 0 aliphatic rings. The maximum Gasteiger partial charge on any atom is 0.146 e. The van der Waals surface area contributed by atoms with Gasteiger partial charge in [0.2, 0.25) is 0 Å². The predicted octanol–water partition coefficient (Wildman–Crippen LogP) is 3.39. The summed E-state index contributed by atoms with van der Waals surface area (Å²) in [4.78, 5) is 1.54. The largest absolute Gasteiger partial charge is 0.359 e. The summed E-state index contributed by atoms with van der Waals surface area (Å²) >= 11 is 1.87. The van der Waals surface area contributed by atoms with Gasteiger partial charge < -0.3 is 9.47 Å². The van der Waals surface area contributed by atoms with Crippen LogP contribution >= 0.6 is 11.3 Å². The number of thiophene rings is 1. The standard InChI is InChI=1S/C12H20O2S/c1-11-7-9-15-12(11)6-4-3-5-8-14-10-13-2/h7,9H,3-6,8,10H2,1-2H3. The van der Waals surface area contributed by atoms with Gasteiger partial charge >= 0.3 is 0 Å². The summed E-state index contributed by atoms with van der Waals surface area (Å²) in [6.45, 7) is 3.43. The van der Waals surface area contributed by atoms with Crippen LogP contribution in [0.1, 0.15) is 29.7 Å². The first-order valence-corrected chi connectivity index (χ1v) is 6.32. The minimum absolute atomic E-state index is 0.421. The molecule has 1 aromatic rings. The van der Waals surface area contributed by atoms with E-state index in [1.54, 1.807) is 7.11 Å². The summed E-state index contributed by atoms with van der Waals surface area (Å²) in [5.74, 6) is 0. The van der Waals surface area contributed by atoms with Crippen molar-refractivity contribution in [3.8, 4) is 0 Å². The second kappa shape index (κ2) is 7.85. The minimum Gasteiger partial charge on any atom is -0.359 e. The molecule has 1 rings (SSSR count). The lowest BCUT2D eigenvalue weighted by molar-refractivity contribution is -0.0315. The zero-order chi connectivity index (χ0) is 10.9. The molecule has 2 nitrogen and oxygen atoms in total. The van der Waals surface area contributed by atoms with Gasteiger partial charge in [-0.1, -0.05) is 6.42 Å². The normalized spacial score (nSPS) is 10.8. The molecule has 0 unspecified atom stereocenters. The van der Waals surface area contributed by atoms with Crippen LogP contribution in [-0.2, 0) is 15.9 Å². The van der Waals surface area contributed by atoms with Gasteiger partial charge in [0, 0.05) is 18.6 Å². The first-order chi connectivity index (χ1) is 7.34. The monoisotopic (exact) mass is 228 g/mol. The second-order valence-electron chi connectivity index (χ2n) is 3.65. The maximum absolute atomic E-state index is 5.22. The van der Waals surface area contributed by atoms with Crippen molar-refractivity contribution in [1.82, 2.24) is 0 Å². The Bertz CT molecular complexity index is 258. The van der Waals surface area contributed by atoms with Crippen LogP contribution in [0.4, 0.5) is 0 Å². The topological polar surface area (TPSA) is 18.5 Å². The fourth-order valence-electron chi connectivity index (χ4n) is 1.47. The van der Waals surface area contributed by atoms with E-state index < -0.39 is 0 Å². The third-order valence-corrected chi connectivity index (χ3v) is 3.44. The lowest BCUT2D eigenvalue weighted by Crippen LogP contribution is -1.98. The molecule has 86 valence electrons. The SMILES string of the molecule is COCOCCCCCc1sccc1C. The highest BCUT2D eigenvalue weighted by Crippen LogP contribution is 2.18. The fourth-order valence-corrected chi connectivity index (χ4v) is 2.42. The van der Waals surface area contributed by atoms with E-state index in [4.69, 9.17) is 9.47 Å². The molecule has 0 N–H and O–H groups in total. The zero-order valence-corrected chi connectivity index (χ0v) is 10.4. The molecule has 0 spiro atoms. The Morgan fingerprint density at radius 1 is 1.27 bits per heavy atom. The van der Waals surface area contributed by atoms with E-state index in [9.17, 15) is 0 Å². The number of ether oxygens (including phenoxy) is 2. The molecule has 3 heteroatoms. The zero-order valence-electron chi connectivity index (χ0n) is 9.62. The van der Waals surface area contributed by atoms with E-state index in [1.807, 2.05) is 11.3 Å². The fraction of sp³-hybridized carbons (Fsp3) is 0.667. The molecule has 1 heterocycles. The Balaban J connectivity index is 1.96. The van der Waals surface area contributed by atoms with Gasteiger partial charge in [-0.2, -0.15) is 0 Å². The van der Waals surface area contributed by atoms with Gasteiger partial charge in [-0.15, -0.1) is 11.3 Å². The van der Waals surface area contributed by atoms with Crippen molar-refractivity contribution >= 4 is 11.3 Å². The number of rotatable bonds is 8. The van der Waals surface area contributed by atoms with Gasteiger partial charge in [0.1, 0.15) is 6.79 Å². The molecule has 0 radical (unpaired) electrons. The number of hydrogen-bond donors (Lipinski definition) is 0.